The molecule has 18 heavy (non-hydrogen) atoms. The Morgan fingerprint density at radius 2 is 2.17 bits per heavy atom. The first-order chi connectivity index (χ1) is 8.65. The SMILES string of the molecule is Nc1nc2cc(Cl)cnc2n1C1CCS(=O)CC1. The molecule has 0 radical (unpaired) electrons. The van der Waals surface area contributed by atoms with Gasteiger partial charge in [0, 0.05) is 34.5 Å². The smallest absolute Gasteiger partial charge is 0.202 e. The van der Waals surface area contributed by atoms with Gasteiger partial charge in [-0.1, -0.05) is 11.6 Å². The largest absolute Gasteiger partial charge is 0.369 e. The molecule has 1 saturated heterocycles. The molecule has 0 aliphatic carbocycles. The average molecular weight is 285 g/mol. The standard InChI is InChI=1S/C11H13ClN4OS/c12-7-5-9-10(14-6-7)16(11(13)15-9)8-1-3-18(17)4-2-8/h5-6,8H,1-4H2,(H2,13,15). The van der Waals surface area contributed by atoms with Crippen molar-refractivity contribution in [3.63, 3.8) is 0 Å². The fraction of sp³-hybridized carbons (Fsp3) is 0.455. The summed E-state index contributed by atoms with van der Waals surface area (Å²) in [7, 11) is -0.683. The number of nitrogens with zero attached hydrogens (tertiary/aromatic N) is 3. The van der Waals surface area contributed by atoms with E-state index in [1.807, 2.05) is 4.57 Å². The second-order valence-electron chi connectivity index (χ2n) is 4.42. The lowest BCUT2D eigenvalue weighted by molar-refractivity contribution is 0.476. The van der Waals surface area contributed by atoms with E-state index in [2.05, 4.69) is 9.97 Å². The molecule has 1 aliphatic heterocycles. The second kappa shape index (κ2) is 4.51. The monoisotopic (exact) mass is 284 g/mol. The van der Waals surface area contributed by atoms with Crippen LogP contribution in [0.2, 0.25) is 5.02 Å². The van der Waals surface area contributed by atoms with E-state index in [4.69, 9.17) is 17.3 Å². The van der Waals surface area contributed by atoms with E-state index in [-0.39, 0.29) is 6.04 Å². The highest BCUT2D eigenvalue weighted by molar-refractivity contribution is 7.85. The highest BCUT2D eigenvalue weighted by atomic mass is 35.5. The van der Waals surface area contributed by atoms with Crippen molar-refractivity contribution in [3.8, 4) is 0 Å². The van der Waals surface area contributed by atoms with Crippen LogP contribution in [0.15, 0.2) is 12.3 Å². The van der Waals surface area contributed by atoms with E-state index in [1.165, 1.54) is 0 Å². The Balaban J connectivity index is 2.05. The van der Waals surface area contributed by atoms with E-state index >= 15 is 0 Å². The van der Waals surface area contributed by atoms with Gasteiger partial charge in [-0.3, -0.25) is 8.78 Å². The van der Waals surface area contributed by atoms with Crippen molar-refractivity contribution in [3.05, 3.63) is 17.3 Å². The van der Waals surface area contributed by atoms with Gasteiger partial charge in [-0.15, -0.1) is 0 Å². The zero-order valence-electron chi connectivity index (χ0n) is 9.67. The van der Waals surface area contributed by atoms with Crippen LogP contribution in [0.25, 0.3) is 11.2 Å². The molecule has 0 aromatic carbocycles. The lowest BCUT2D eigenvalue weighted by atomic mass is 10.1. The number of hydrogen-bond donors (Lipinski definition) is 1. The van der Waals surface area contributed by atoms with Gasteiger partial charge in [0.15, 0.2) is 5.65 Å². The zero-order chi connectivity index (χ0) is 12.7. The van der Waals surface area contributed by atoms with Crippen LogP contribution >= 0.6 is 11.6 Å². The van der Waals surface area contributed by atoms with Gasteiger partial charge in [0.2, 0.25) is 5.95 Å². The van der Waals surface area contributed by atoms with Gasteiger partial charge in [0.1, 0.15) is 5.52 Å². The summed E-state index contributed by atoms with van der Waals surface area (Å²) in [4.78, 5) is 8.59. The molecule has 3 heterocycles. The molecule has 5 nitrogen and oxygen atoms in total. The van der Waals surface area contributed by atoms with Gasteiger partial charge in [-0.2, -0.15) is 0 Å². The molecule has 3 rings (SSSR count). The topological polar surface area (TPSA) is 73.8 Å². The molecule has 96 valence electrons. The van der Waals surface area contributed by atoms with Crippen LogP contribution in [-0.4, -0.2) is 30.2 Å². The van der Waals surface area contributed by atoms with E-state index in [1.54, 1.807) is 12.3 Å². The van der Waals surface area contributed by atoms with E-state index in [9.17, 15) is 4.21 Å². The molecule has 0 spiro atoms. The molecular weight excluding hydrogens is 272 g/mol. The lowest BCUT2D eigenvalue weighted by Crippen LogP contribution is -2.22. The van der Waals surface area contributed by atoms with Crippen LogP contribution in [0.4, 0.5) is 5.95 Å². The Bertz CT molecular complexity index is 617. The number of anilines is 1. The molecule has 1 fully saturated rings. The number of pyridine rings is 1. The second-order valence-corrected chi connectivity index (χ2v) is 6.55. The third-order valence-electron chi connectivity index (χ3n) is 3.25. The number of hydrogen-bond acceptors (Lipinski definition) is 4. The quantitative estimate of drug-likeness (QED) is 0.866. The van der Waals surface area contributed by atoms with E-state index in [0.29, 0.717) is 16.5 Å². The molecule has 0 unspecified atom stereocenters. The molecular formula is C11H13ClN4OS. The maximum Gasteiger partial charge on any atom is 0.202 e. The summed E-state index contributed by atoms with van der Waals surface area (Å²) in [5, 5.41) is 0.553. The minimum absolute atomic E-state index is 0.237. The molecule has 2 N–H and O–H groups in total. The van der Waals surface area contributed by atoms with Crippen LogP contribution in [0, 0.1) is 0 Å². The van der Waals surface area contributed by atoms with Crippen molar-refractivity contribution >= 4 is 39.5 Å². The maximum absolute atomic E-state index is 11.4. The van der Waals surface area contributed by atoms with E-state index in [0.717, 1.165) is 30.0 Å². The molecule has 0 atom stereocenters. The Labute approximate surface area is 112 Å². The number of imidazole rings is 1. The maximum atomic E-state index is 11.4. The Morgan fingerprint density at radius 3 is 2.89 bits per heavy atom. The van der Waals surface area contributed by atoms with Crippen molar-refractivity contribution in [2.45, 2.75) is 18.9 Å². The van der Waals surface area contributed by atoms with Crippen molar-refractivity contribution in [1.82, 2.24) is 14.5 Å². The number of nitrogen functional groups attached to an aromatic ring is 1. The fourth-order valence-corrected chi connectivity index (χ4v) is 3.80. The van der Waals surface area contributed by atoms with Gasteiger partial charge >= 0.3 is 0 Å². The van der Waals surface area contributed by atoms with Crippen LogP contribution in [0.1, 0.15) is 18.9 Å². The minimum Gasteiger partial charge on any atom is -0.369 e. The highest BCUT2D eigenvalue weighted by Crippen LogP contribution is 2.29. The number of fused-ring (bicyclic) bond motifs is 1. The summed E-state index contributed by atoms with van der Waals surface area (Å²) < 4.78 is 13.3. The summed E-state index contributed by atoms with van der Waals surface area (Å²) in [6.45, 7) is 0. The van der Waals surface area contributed by atoms with Crippen LogP contribution < -0.4 is 5.73 Å². The van der Waals surface area contributed by atoms with Gasteiger partial charge in [0.05, 0.1) is 5.02 Å². The molecule has 0 amide bonds. The molecule has 2 aromatic rings. The summed E-state index contributed by atoms with van der Waals surface area (Å²) in [6, 6.07) is 2.00. The zero-order valence-corrected chi connectivity index (χ0v) is 11.2. The predicted molar refractivity (Wildman–Crippen MR) is 73.1 cm³/mol. The van der Waals surface area contributed by atoms with Gasteiger partial charge in [-0.05, 0) is 18.9 Å². The summed E-state index contributed by atoms with van der Waals surface area (Å²) >= 11 is 5.89. The van der Waals surface area contributed by atoms with Crippen molar-refractivity contribution in [2.75, 3.05) is 17.2 Å². The molecule has 2 aromatic heterocycles. The van der Waals surface area contributed by atoms with Crippen LogP contribution in [0.5, 0.6) is 0 Å². The van der Waals surface area contributed by atoms with Crippen LogP contribution in [-0.2, 0) is 10.8 Å². The Hall–Kier alpha value is -1.14. The number of halogens is 1. The molecule has 7 heteroatoms. The third kappa shape index (κ3) is 1.99. The minimum atomic E-state index is -0.683. The van der Waals surface area contributed by atoms with Gasteiger partial charge < -0.3 is 5.73 Å². The normalized spacial score (nSPS) is 24.5. The number of nitrogens with two attached hydrogens (primary N) is 1. The van der Waals surface area contributed by atoms with Crippen LogP contribution in [0.3, 0.4) is 0 Å². The lowest BCUT2D eigenvalue weighted by Gasteiger charge is -2.23. The fourth-order valence-electron chi connectivity index (χ4n) is 2.37. The summed E-state index contributed by atoms with van der Waals surface area (Å²) in [5.74, 6) is 1.90. The third-order valence-corrected chi connectivity index (χ3v) is 4.84. The Morgan fingerprint density at radius 1 is 1.44 bits per heavy atom. The first kappa shape index (κ1) is 11.9. The van der Waals surface area contributed by atoms with Gasteiger partial charge in [0.25, 0.3) is 0 Å². The average Bonchev–Trinajstić information content (AvgIpc) is 2.65. The van der Waals surface area contributed by atoms with Crippen molar-refractivity contribution in [1.29, 1.82) is 0 Å². The number of rotatable bonds is 1. The molecule has 0 bridgehead atoms. The number of aromatic nitrogens is 3. The summed E-state index contributed by atoms with van der Waals surface area (Å²) in [6.07, 6.45) is 3.31. The summed E-state index contributed by atoms with van der Waals surface area (Å²) in [5.41, 5.74) is 7.44. The van der Waals surface area contributed by atoms with E-state index < -0.39 is 10.8 Å². The first-order valence-electron chi connectivity index (χ1n) is 5.79. The highest BCUT2D eigenvalue weighted by Gasteiger charge is 2.23. The van der Waals surface area contributed by atoms with Crippen molar-refractivity contribution < 1.29 is 4.21 Å². The first-order valence-corrected chi connectivity index (χ1v) is 7.65. The molecule has 1 aliphatic rings. The Kier molecular flexibility index (Phi) is 2.99. The molecule has 0 saturated carbocycles. The van der Waals surface area contributed by atoms with Crippen molar-refractivity contribution in [2.24, 2.45) is 0 Å². The predicted octanol–water partition coefficient (Wildman–Crippen LogP) is 1.75. The van der Waals surface area contributed by atoms with Gasteiger partial charge in [-0.25, -0.2) is 9.97 Å².